The van der Waals surface area contributed by atoms with Crippen molar-refractivity contribution in [1.82, 2.24) is 0 Å². The molecule has 17 heavy (non-hydrogen) atoms. The molecule has 96 valence electrons. The number of carboxylic acids is 2. The fraction of sp³-hybridized carbons (Fsp3) is 0.600. The zero-order valence-corrected chi connectivity index (χ0v) is 10.6. The van der Waals surface area contributed by atoms with Gasteiger partial charge >= 0.3 is 11.9 Å². The summed E-state index contributed by atoms with van der Waals surface area (Å²) in [6.45, 7) is 2.45. The summed E-state index contributed by atoms with van der Waals surface area (Å²) in [5.41, 5.74) is -2.64. The predicted molar refractivity (Wildman–Crippen MR) is 60.0 cm³/mol. The summed E-state index contributed by atoms with van der Waals surface area (Å²) < 4.78 is 14.2. The molecule has 0 aromatic carbocycles. The lowest BCUT2D eigenvalue weighted by atomic mass is 9.70. The van der Waals surface area contributed by atoms with Crippen molar-refractivity contribution in [1.29, 1.82) is 0 Å². The first-order valence-electron chi connectivity index (χ1n) is 4.75. The van der Waals surface area contributed by atoms with Gasteiger partial charge in [0.2, 0.25) is 5.13 Å². The van der Waals surface area contributed by atoms with Crippen LogP contribution >= 0.6 is 23.2 Å². The summed E-state index contributed by atoms with van der Waals surface area (Å²) >= 11 is 11.3. The van der Waals surface area contributed by atoms with Crippen molar-refractivity contribution in [3.05, 3.63) is 11.1 Å². The molecular weight excluding hydrogens is 274 g/mol. The van der Waals surface area contributed by atoms with Gasteiger partial charge in [0, 0.05) is 17.4 Å². The van der Waals surface area contributed by atoms with Crippen LogP contribution in [0.3, 0.4) is 0 Å². The third-order valence-electron chi connectivity index (χ3n) is 3.01. The number of aliphatic carboxylic acids is 2. The molecule has 0 amide bonds. The summed E-state index contributed by atoms with van der Waals surface area (Å²) in [6, 6.07) is 0. The van der Waals surface area contributed by atoms with E-state index in [1.807, 2.05) is 0 Å². The van der Waals surface area contributed by atoms with Crippen molar-refractivity contribution in [3.8, 4) is 0 Å². The molecule has 0 spiro atoms. The largest absolute Gasteiger partial charge is 0.478 e. The molecule has 4 nitrogen and oxygen atoms in total. The molecule has 0 bridgehead atoms. The predicted octanol–water partition coefficient (Wildman–Crippen LogP) is 2.39. The smallest absolute Gasteiger partial charge is 0.332 e. The van der Waals surface area contributed by atoms with Crippen LogP contribution < -0.4 is 0 Å². The Morgan fingerprint density at radius 1 is 1.35 bits per heavy atom. The Labute approximate surface area is 107 Å². The number of carboxylic acid groups (broad SMARTS) is 2. The lowest BCUT2D eigenvalue weighted by molar-refractivity contribution is -0.138. The minimum atomic E-state index is -2.51. The van der Waals surface area contributed by atoms with Crippen molar-refractivity contribution in [2.75, 3.05) is 0 Å². The van der Waals surface area contributed by atoms with Gasteiger partial charge < -0.3 is 10.2 Å². The minimum absolute atomic E-state index is 0.406. The van der Waals surface area contributed by atoms with E-state index in [4.69, 9.17) is 33.4 Å². The summed E-state index contributed by atoms with van der Waals surface area (Å²) in [7, 11) is 0. The van der Waals surface area contributed by atoms with Gasteiger partial charge in [-0.05, 0) is 0 Å². The van der Waals surface area contributed by atoms with Gasteiger partial charge in [-0.15, -0.1) is 11.6 Å². The maximum Gasteiger partial charge on any atom is 0.332 e. The van der Waals surface area contributed by atoms with Crippen molar-refractivity contribution in [2.45, 2.75) is 30.8 Å². The molecule has 7 heteroatoms. The quantitative estimate of drug-likeness (QED) is 0.764. The Bertz CT molecular complexity index is 415. The Balaban J connectivity index is 3.54. The van der Waals surface area contributed by atoms with E-state index in [2.05, 4.69) is 0 Å². The molecule has 0 radical (unpaired) electrons. The van der Waals surface area contributed by atoms with Crippen LogP contribution in [0.4, 0.5) is 4.39 Å². The molecule has 0 saturated carbocycles. The van der Waals surface area contributed by atoms with Gasteiger partial charge in [-0.3, -0.25) is 0 Å². The first kappa shape index (κ1) is 14.3. The van der Waals surface area contributed by atoms with Gasteiger partial charge in [-0.25, -0.2) is 14.0 Å². The fourth-order valence-electron chi connectivity index (χ4n) is 1.94. The van der Waals surface area contributed by atoms with Crippen LogP contribution in [0.15, 0.2) is 11.1 Å². The van der Waals surface area contributed by atoms with Crippen LogP contribution in [0, 0.1) is 5.41 Å². The molecule has 1 rings (SSSR count). The van der Waals surface area contributed by atoms with E-state index in [1.54, 1.807) is 0 Å². The van der Waals surface area contributed by atoms with Gasteiger partial charge in [0.1, 0.15) is 0 Å². The molecule has 0 aromatic heterocycles. The van der Waals surface area contributed by atoms with E-state index in [1.165, 1.54) is 13.8 Å². The first-order chi connectivity index (χ1) is 7.53. The van der Waals surface area contributed by atoms with Crippen LogP contribution in [-0.2, 0) is 9.59 Å². The van der Waals surface area contributed by atoms with E-state index < -0.39 is 45.4 Å². The van der Waals surface area contributed by atoms with Gasteiger partial charge in [0.15, 0.2) is 0 Å². The second-order valence-corrected chi connectivity index (χ2v) is 5.46. The molecule has 0 fully saturated rings. The number of hydrogen-bond acceptors (Lipinski definition) is 2. The average molecular weight is 285 g/mol. The van der Waals surface area contributed by atoms with Crippen molar-refractivity contribution in [2.24, 2.45) is 5.41 Å². The van der Waals surface area contributed by atoms with Gasteiger partial charge in [0.25, 0.3) is 0 Å². The maximum absolute atomic E-state index is 14.2. The Kier molecular flexibility index (Phi) is 3.47. The van der Waals surface area contributed by atoms with E-state index in [0.717, 1.165) is 0 Å². The minimum Gasteiger partial charge on any atom is -0.478 e. The molecule has 1 aliphatic rings. The lowest BCUT2D eigenvalue weighted by Crippen LogP contribution is -2.50. The van der Waals surface area contributed by atoms with E-state index in [-0.39, 0.29) is 0 Å². The van der Waals surface area contributed by atoms with Crippen molar-refractivity contribution >= 4 is 35.1 Å². The molecule has 2 unspecified atom stereocenters. The van der Waals surface area contributed by atoms with Crippen molar-refractivity contribution < 1.29 is 24.2 Å². The van der Waals surface area contributed by atoms with E-state index in [0.29, 0.717) is 0 Å². The normalized spacial score (nSPS) is 32.4. The van der Waals surface area contributed by atoms with Gasteiger partial charge in [-0.2, -0.15) is 0 Å². The second-order valence-electron chi connectivity index (χ2n) is 4.38. The first-order valence-corrected chi connectivity index (χ1v) is 5.57. The average Bonchev–Trinajstić information content (AvgIpc) is 2.12. The monoisotopic (exact) mass is 284 g/mol. The van der Waals surface area contributed by atoms with Crippen LogP contribution in [0.25, 0.3) is 0 Å². The highest BCUT2D eigenvalue weighted by Crippen LogP contribution is 2.54. The summed E-state index contributed by atoms with van der Waals surface area (Å²) in [5, 5.41) is 14.1. The third kappa shape index (κ3) is 2.02. The lowest BCUT2D eigenvalue weighted by Gasteiger charge is -2.43. The van der Waals surface area contributed by atoms with Gasteiger partial charge in [-0.1, -0.05) is 25.4 Å². The van der Waals surface area contributed by atoms with Crippen molar-refractivity contribution in [3.63, 3.8) is 0 Å². The molecule has 0 heterocycles. The highest BCUT2D eigenvalue weighted by molar-refractivity contribution is 6.33. The molecule has 0 aliphatic heterocycles. The Hall–Kier alpha value is -0.810. The van der Waals surface area contributed by atoms with E-state index >= 15 is 0 Å². The standard InChI is InChI=1S/C10H11Cl2FO4/c1-9(2)6(8(16)17)4(7(14)15)3-5(11)10(9,12)13/h5H,3H2,1-2H3,(H,14,15)(H,16,17). The molecular formula is C10H11Cl2FO4. The number of alkyl halides is 3. The molecule has 2 N–H and O–H groups in total. The molecule has 2 atom stereocenters. The SMILES string of the molecule is CC1(C)C(C(=O)O)=C(C(=O)O)CC(Cl)C1(F)Cl. The number of rotatable bonds is 2. The van der Waals surface area contributed by atoms with Crippen LogP contribution in [0.1, 0.15) is 20.3 Å². The topological polar surface area (TPSA) is 74.6 Å². The summed E-state index contributed by atoms with van der Waals surface area (Å²) in [6.07, 6.45) is -0.429. The number of carbonyl (C=O) groups is 2. The highest BCUT2D eigenvalue weighted by Gasteiger charge is 2.58. The Morgan fingerprint density at radius 3 is 2.18 bits per heavy atom. The molecule has 0 saturated heterocycles. The number of halogens is 3. The summed E-state index contributed by atoms with van der Waals surface area (Å²) in [4.78, 5) is 22.1. The number of hydrogen-bond donors (Lipinski definition) is 2. The fourth-order valence-corrected chi connectivity index (χ4v) is 2.53. The van der Waals surface area contributed by atoms with Crippen LogP contribution in [0.5, 0.6) is 0 Å². The van der Waals surface area contributed by atoms with Gasteiger partial charge in [0.05, 0.1) is 11.0 Å². The van der Waals surface area contributed by atoms with Crippen LogP contribution in [-0.4, -0.2) is 32.7 Å². The maximum atomic E-state index is 14.2. The zero-order chi connectivity index (χ0) is 13.6. The third-order valence-corrected chi connectivity index (χ3v) is 4.31. The van der Waals surface area contributed by atoms with Crippen LogP contribution in [0.2, 0.25) is 0 Å². The second kappa shape index (κ2) is 4.14. The Morgan fingerprint density at radius 2 is 1.82 bits per heavy atom. The summed E-state index contributed by atoms with van der Waals surface area (Å²) in [5.74, 6) is -2.92. The van der Waals surface area contributed by atoms with E-state index in [9.17, 15) is 14.0 Å². The molecule has 1 aliphatic carbocycles. The highest BCUT2D eigenvalue weighted by atomic mass is 35.5. The zero-order valence-electron chi connectivity index (χ0n) is 9.13. The molecule has 0 aromatic rings.